The normalized spacial score (nSPS) is 22.2. The minimum Gasteiger partial charge on any atom is -0.321 e. The fourth-order valence-electron chi connectivity index (χ4n) is 1.85. The van der Waals surface area contributed by atoms with Crippen LogP contribution in [-0.2, 0) is 0 Å². The first-order valence-corrected chi connectivity index (χ1v) is 4.49. The molecule has 2 nitrogen and oxygen atoms in total. The second-order valence-corrected chi connectivity index (χ2v) is 3.44. The summed E-state index contributed by atoms with van der Waals surface area (Å²) in [7, 11) is 0. The van der Waals surface area contributed by atoms with Crippen molar-refractivity contribution in [1.82, 2.24) is 5.32 Å². The maximum Gasteiger partial charge on any atom is 0.176 e. The van der Waals surface area contributed by atoms with Gasteiger partial charge in [0.15, 0.2) is 6.19 Å². The summed E-state index contributed by atoms with van der Waals surface area (Å²) in [5.74, 6) is 0.739. The molecule has 0 aromatic rings. The van der Waals surface area contributed by atoms with Crippen LogP contribution in [0.4, 0.5) is 0 Å². The average Bonchev–Trinajstić information content (AvgIpc) is 2.07. The number of nitrogens with zero attached hydrogens (tertiary/aromatic N) is 1. The topological polar surface area (TPSA) is 35.8 Å². The fraction of sp³-hybridized carbons (Fsp3) is 0.889. The van der Waals surface area contributed by atoms with Crippen LogP contribution in [0.5, 0.6) is 0 Å². The van der Waals surface area contributed by atoms with Crippen molar-refractivity contribution in [3.63, 3.8) is 0 Å². The molecular weight excluding hydrogens is 136 g/mol. The van der Waals surface area contributed by atoms with Gasteiger partial charge in [0, 0.05) is 6.04 Å². The lowest BCUT2D eigenvalue weighted by Gasteiger charge is -2.26. The zero-order valence-electron chi connectivity index (χ0n) is 7.14. The van der Waals surface area contributed by atoms with Gasteiger partial charge in [-0.15, -0.1) is 0 Å². The van der Waals surface area contributed by atoms with Gasteiger partial charge in [-0.1, -0.05) is 19.3 Å². The van der Waals surface area contributed by atoms with Gasteiger partial charge in [-0.3, -0.25) is 0 Å². The molecule has 1 unspecified atom stereocenters. The van der Waals surface area contributed by atoms with Crippen molar-refractivity contribution in [2.75, 3.05) is 0 Å². The summed E-state index contributed by atoms with van der Waals surface area (Å²) in [5, 5.41) is 11.2. The summed E-state index contributed by atoms with van der Waals surface area (Å²) < 4.78 is 0. The molecule has 0 aromatic heterocycles. The molecule has 0 amide bonds. The van der Waals surface area contributed by atoms with E-state index >= 15 is 0 Å². The van der Waals surface area contributed by atoms with E-state index in [1.54, 1.807) is 0 Å². The molecule has 1 fully saturated rings. The second-order valence-electron chi connectivity index (χ2n) is 3.44. The summed E-state index contributed by atoms with van der Waals surface area (Å²) in [4.78, 5) is 0. The molecule has 0 radical (unpaired) electrons. The number of hydrogen-bond donors (Lipinski definition) is 1. The standard InChI is InChI=1S/C9H16N2/c1-8(11-7-10)9-5-3-2-4-6-9/h8-9,11H,2-6H2,1H3. The first-order chi connectivity index (χ1) is 5.34. The van der Waals surface area contributed by atoms with Crippen molar-refractivity contribution in [2.24, 2.45) is 5.92 Å². The number of rotatable bonds is 2. The van der Waals surface area contributed by atoms with E-state index in [1.165, 1.54) is 32.1 Å². The van der Waals surface area contributed by atoms with E-state index in [2.05, 4.69) is 12.2 Å². The van der Waals surface area contributed by atoms with E-state index in [0.29, 0.717) is 6.04 Å². The summed E-state index contributed by atoms with van der Waals surface area (Å²) >= 11 is 0. The van der Waals surface area contributed by atoms with Gasteiger partial charge in [0.25, 0.3) is 0 Å². The molecule has 0 aliphatic heterocycles. The van der Waals surface area contributed by atoms with Crippen molar-refractivity contribution in [2.45, 2.75) is 45.1 Å². The SMILES string of the molecule is CC(NC#N)C1CCCCC1. The highest BCUT2D eigenvalue weighted by atomic mass is 14.9. The molecular formula is C9H16N2. The van der Waals surface area contributed by atoms with Crippen molar-refractivity contribution >= 4 is 0 Å². The third-order valence-corrected chi connectivity index (χ3v) is 2.65. The Bertz CT molecular complexity index is 142. The van der Waals surface area contributed by atoms with E-state index < -0.39 is 0 Å². The number of nitrogens with one attached hydrogen (secondary N) is 1. The van der Waals surface area contributed by atoms with E-state index in [-0.39, 0.29) is 0 Å². The maximum absolute atomic E-state index is 8.41. The van der Waals surface area contributed by atoms with Gasteiger partial charge in [0.1, 0.15) is 0 Å². The predicted molar refractivity (Wildman–Crippen MR) is 44.8 cm³/mol. The third kappa shape index (κ3) is 2.42. The molecule has 1 aliphatic rings. The van der Waals surface area contributed by atoms with Crippen LogP contribution in [-0.4, -0.2) is 6.04 Å². The molecule has 0 spiro atoms. The Kier molecular flexibility index (Phi) is 3.22. The molecule has 1 saturated carbocycles. The zero-order chi connectivity index (χ0) is 8.10. The number of nitriles is 1. The van der Waals surface area contributed by atoms with Crippen molar-refractivity contribution in [1.29, 1.82) is 5.26 Å². The predicted octanol–water partition coefficient (Wildman–Crippen LogP) is 2.03. The van der Waals surface area contributed by atoms with Gasteiger partial charge < -0.3 is 5.32 Å². The summed E-state index contributed by atoms with van der Waals surface area (Å²) in [5.41, 5.74) is 0. The number of hydrogen-bond acceptors (Lipinski definition) is 2. The van der Waals surface area contributed by atoms with Gasteiger partial charge in [-0.2, -0.15) is 5.26 Å². The Morgan fingerprint density at radius 3 is 2.55 bits per heavy atom. The third-order valence-electron chi connectivity index (χ3n) is 2.65. The summed E-state index contributed by atoms with van der Waals surface area (Å²) in [6, 6.07) is 0.389. The lowest BCUT2D eigenvalue weighted by atomic mass is 9.85. The van der Waals surface area contributed by atoms with Crippen LogP contribution in [0.1, 0.15) is 39.0 Å². The van der Waals surface area contributed by atoms with Crippen LogP contribution in [0.3, 0.4) is 0 Å². The van der Waals surface area contributed by atoms with Gasteiger partial charge in [-0.05, 0) is 25.7 Å². The van der Waals surface area contributed by atoms with E-state index in [4.69, 9.17) is 5.26 Å². The molecule has 0 heterocycles. The monoisotopic (exact) mass is 152 g/mol. The van der Waals surface area contributed by atoms with Crippen molar-refractivity contribution in [3.05, 3.63) is 0 Å². The Labute approximate surface area is 68.6 Å². The first-order valence-electron chi connectivity index (χ1n) is 4.49. The smallest absolute Gasteiger partial charge is 0.176 e. The maximum atomic E-state index is 8.41. The molecule has 2 heteroatoms. The van der Waals surface area contributed by atoms with Crippen LogP contribution in [0, 0.1) is 17.4 Å². The van der Waals surface area contributed by atoms with E-state index in [0.717, 1.165) is 5.92 Å². The minimum atomic E-state index is 0.389. The van der Waals surface area contributed by atoms with E-state index in [1.807, 2.05) is 6.19 Å². The molecule has 1 aliphatic carbocycles. The molecule has 62 valence electrons. The van der Waals surface area contributed by atoms with E-state index in [9.17, 15) is 0 Å². The van der Waals surface area contributed by atoms with Gasteiger partial charge in [0.2, 0.25) is 0 Å². The Morgan fingerprint density at radius 1 is 1.36 bits per heavy atom. The molecule has 0 saturated heterocycles. The van der Waals surface area contributed by atoms with Crippen LogP contribution in [0.25, 0.3) is 0 Å². The molecule has 11 heavy (non-hydrogen) atoms. The highest BCUT2D eigenvalue weighted by molar-refractivity contribution is 4.80. The fourth-order valence-corrected chi connectivity index (χ4v) is 1.85. The zero-order valence-corrected chi connectivity index (χ0v) is 7.14. The lowest BCUT2D eigenvalue weighted by Crippen LogP contribution is -2.31. The Hall–Kier alpha value is -0.710. The van der Waals surface area contributed by atoms with Crippen LogP contribution in [0.2, 0.25) is 0 Å². The molecule has 0 aromatic carbocycles. The molecule has 1 atom stereocenters. The average molecular weight is 152 g/mol. The van der Waals surface area contributed by atoms with Gasteiger partial charge in [0.05, 0.1) is 0 Å². The molecule has 1 rings (SSSR count). The van der Waals surface area contributed by atoms with Gasteiger partial charge >= 0.3 is 0 Å². The highest BCUT2D eigenvalue weighted by Gasteiger charge is 2.18. The van der Waals surface area contributed by atoms with Crippen molar-refractivity contribution < 1.29 is 0 Å². The summed E-state index contributed by atoms with van der Waals surface area (Å²) in [6.45, 7) is 2.11. The van der Waals surface area contributed by atoms with Crippen LogP contribution in [0.15, 0.2) is 0 Å². The van der Waals surface area contributed by atoms with Crippen LogP contribution < -0.4 is 5.32 Å². The highest BCUT2D eigenvalue weighted by Crippen LogP contribution is 2.25. The quantitative estimate of drug-likeness (QED) is 0.485. The van der Waals surface area contributed by atoms with Gasteiger partial charge in [-0.25, -0.2) is 0 Å². The summed E-state index contributed by atoms with van der Waals surface area (Å²) in [6.07, 6.45) is 8.70. The minimum absolute atomic E-state index is 0.389. The second kappa shape index (κ2) is 4.23. The lowest BCUT2D eigenvalue weighted by molar-refractivity contribution is 0.299. The first kappa shape index (κ1) is 8.39. The van der Waals surface area contributed by atoms with Crippen molar-refractivity contribution in [3.8, 4) is 6.19 Å². The van der Waals surface area contributed by atoms with Crippen LogP contribution >= 0.6 is 0 Å². The molecule has 1 N–H and O–H groups in total. The Balaban J connectivity index is 2.27. The largest absolute Gasteiger partial charge is 0.321 e. The molecule has 0 bridgehead atoms. The Morgan fingerprint density at radius 2 is 2.00 bits per heavy atom.